The number of rotatable bonds is 2. The Bertz CT molecular complexity index is 350. The third-order valence-electron chi connectivity index (χ3n) is 2.99. The topological polar surface area (TPSA) is 38.2 Å². The van der Waals surface area contributed by atoms with Crippen LogP contribution >= 0.6 is 11.5 Å². The summed E-state index contributed by atoms with van der Waals surface area (Å²) in [6.45, 7) is 4.73. The molecule has 0 N–H and O–H groups in total. The van der Waals surface area contributed by atoms with Crippen LogP contribution < -0.4 is 4.90 Å². The van der Waals surface area contributed by atoms with Crippen molar-refractivity contribution in [3.8, 4) is 0 Å². The average Bonchev–Trinajstić information content (AvgIpc) is 2.99. The molecule has 2 heterocycles. The summed E-state index contributed by atoms with van der Waals surface area (Å²) in [4.78, 5) is 6.94. The summed E-state index contributed by atoms with van der Waals surface area (Å²) in [7, 11) is 0. The molecule has 3 rings (SSSR count). The van der Waals surface area contributed by atoms with Crippen LogP contribution in [0.1, 0.15) is 31.5 Å². The number of nitrogens with zero attached hydrogens (tertiary/aromatic N) is 3. The van der Waals surface area contributed by atoms with Gasteiger partial charge in [0.2, 0.25) is 5.13 Å². The van der Waals surface area contributed by atoms with Crippen LogP contribution in [0.4, 0.5) is 5.13 Å². The van der Waals surface area contributed by atoms with E-state index in [-0.39, 0.29) is 0 Å². The predicted octanol–water partition coefficient (Wildman–Crippen LogP) is 1.64. The molecule has 1 aliphatic carbocycles. The minimum absolute atomic E-state index is 0.429. The molecule has 15 heavy (non-hydrogen) atoms. The van der Waals surface area contributed by atoms with Gasteiger partial charge in [0.15, 0.2) is 0 Å². The molecule has 5 heteroatoms. The van der Waals surface area contributed by atoms with Crippen LogP contribution in [0.25, 0.3) is 0 Å². The second kappa shape index (κ2) is 3.72. The van der Waals surface area contributed by atoms with Gasteiger partial charge in [-0.2, -0.15) is 4.37 Å². The summed E-state index contributed by atoms with van der Waals surface area (Å²) < 4.78 is 9.85. The maximum absolute atomic E-state index is 5.41. The molecule has 0 radical (unpaired) electrons. The van der Waals surface area contributed by atoms with Gasteiger partial charge in [-0.25, -0.2) is 4.98 Å². The Hall–Kier alpha value is -0.680. The van der Waals surface area contributed by atoms with E-state index in [9.17, 15) is 0 Å². The van der Waals surface area contributed by atoms with Crippen molar-refractivity contribution < 1.29 is 4.74 Å². The van der Waals surface area contributed by atoms with Crippen LogP contribution in [0.15, 0.2) is 0 Å². The number of ether oxygens (including phenoxy) is 1. The standard InChI is InChI=1S/C10H15N3OS/c1-7-6-14-5-4-13(7)10-11-9(12-15-10)8-2-3-8/h7-8H,2-6H2,1H3. The van der Waals surface area contributed by atoms with Gasteiger partial charge < -0.3 is 9.64 Å². The molecule has 1 saturated carbocycles. The Balaban J connectivity index is 1.78. The lowest BCUT2D eigenvalue weighted by Crippen LogP contribution is -2.43. The lowest BCUT2D eigenvalue weighted by molar-refractivity contribution is 0.0989. The molecule has 2 fully saturated rings. The van der Waals surface area contributed by atoms with E-state index in [0.717, 1.165) is 30.7 Å². The number of hydrogen-bond donors (Lipinski definition) is 0. The molecule has 0 amide bonds. The van der Waals surface area contributed by atoms with Crippen molar-refractivity contribution in [2.45, 2.75) is 31.7 Å². The van der Waals surface area contributed by atoms with Crippen LogP contribution in [0.3, 0.4) is 0 Å². The Morgan fingerprint density at radius 1 is 1.47 bits per heavy atom. The molecule has 2 aliphatic rings. The van der Waals surface area contributed by atoms with Crippen molar-refractivity contribution >= 4 is 16.7 Å². The molecule has 1 unspecified atom stereocenters. The molecule has 1 saturated heterocycles. The minimum Gasteiger partial charge on any atom is -0.377 e. The molecule has 0 spiro atoms. The Labute approximate surface area is 93.4 Å². The zero-order valence-corrected chi connectivity index (χ0v) is 9.66. The first-order chi connectivity index (χ1) is 7.34. The van der Waals surface area contributed by atoms with E-state index in [0.29, 0.717) is 12.0 Å². The molecular weight excluding hydrogens is 210 g/mol. The van der Waals surface area contributed by atoms with Gasteiger partial charge in [-0.3, -0.25) is 0 Å². The van der Waals surface area contributed by atoms with Crippen molar-refractivity contribution in [3.05, 3.63) is 5.82 Å². The van der Waals surface area contributed by atoms with Gasteiger partial charge in [-0.1, -0.05) is 0 Å². The number of anilines is 1. The molecular formula is C10H15N3OS. The molecule has 1 aromatic heterocycles. The quantitative estimate of drug-likeness (QED) is 0.767. The van der Waals surface area contributed by atoms with E-state index < -0.39 is 0 Å². The summed E-state index contributed by atoms with van der Waals surface area (Å²) in [5.74, 6) is 1.72. The fourth-order valence-corrected chi connectivity index (χ4v) is 2.74. The highest BCUT2D eigenvalue weighted by molar-refractivity contribution is 7.09. The monoisotopic (exact) mass is 225 g/mol. The van der Waals surface area contributed by atoms with Crippen LogP contribution in [0.5, 0.6) is 0 Å². The van der Waals surface area contributed by atoms with E-state index in [2.05, 4.69) is 21.2 Å². The fourth-order valence-electron chi connectivity index (χ4n) is 1.86. The van der Waals surface area contributed by atoms with Crippen LogP contribution in [0, 0.1) is 0 Å². The van der Waals surface area contributed by atoms with E-state index in [1.54, 1.807) is 0 Å². The summed E-state index contributed by atoms with van der Waals surface area (Å²) in [6, 6.07) is 0.429. The van der Waals surface area contributed by atoms with Gasteiger partial charge >= 0.3 is 0 Å². The van der Waals surface area contributed by atoms with Gasteiger partial charge in [-0.05, 0) is 19.8 Å². The molecule has 4 nitrogen and oxygen atoms in total. The second-order valence-corrected chi connectivity index (χ2v) is 5.06. The fraction of sp³-hybridized carbons (Fsp3) is 0.800. The summed E-state index contributed by atoms with van der Waals surface area (Å²) in [6.07, 6.45) is 2.55. The number of aromatic nitrogens is 2. The Morgan fingerprint density at radius 3 is 3.07 bits per heavy atom. The molecule has 1 aromatic rings. The van der Waals surface area contributed by atoms with Gasteiger partial charge in [0, 0.05) is 24.0 Å². The van der Waals surface area contributed by atoms with Crippen LogP contribution in [0.2, 0.25) is 0 Å². The average molecular weight is 225 g/mol. The third kappa shape index (κ3) is 1.86. The van der Waals surface area contributed by atoms with Gasteiger partial charge in [-0.15, -0.1) is 0 Å². The van der Waals surface area contributed by atoms with Gasteiger partial charge in [0.1, 0.15) is 5.82 Å². The van der Waals surface area contributed by atoms with Crippen LogP contribution in [-0.4, -0.2) is 35.2 Å². The largest absolute Gasteiger partial charge is 0.377 e. The second-order valence-electron chi connectivity index (χ2n) is 4.33. The van der Waals surface area contributed by atoms with E-state index in [1.165, 1.54) is 24.4 Å². The number of hydrogen-bond acceptors (Lipinski definition) is 5. The molecule has 82 valence electrons. The zero-order valence-electron chi connectivity index (χ0n) is 8.85. The zero-order chi connectivity index (χ0) is 10.3. The highest BCUT2D eigenvalue weighted by Gasteiger charge is 2.29. The van der Waals surface area contributed by atoms with E-state index >= 15 is 0 Å². The van der Waals surface area contributed by atoms with E-state index in [1.807, 2.05) is 0 Å². The highest BCUT2D eigenvalue weighted by atomic mass is 32.1. The predicted molar refractivity (Wildman–Crippen MR) is 59.5 cm³/mol. The molecule has 1 aliphatic heterocycles. The lowest BCUT2D eigenvalue weighted by Gasteiger charge is -2.32. The van der Waals surface area contributed by atoms with E-state index in [4.69, 9.17) is 4.74 Å². The van der Waals surface area contributed by atoms with Crippen molar-refractivity contribution in [1.82, 2.24) is 9.36 Å². The SMILES string of the molecule is CC1COCCN1c1nc(C2CC2)ns1. The molecule has 1 atom stereocenters. The smallest absolute Gasteiger partial charge is 0.205 e. The van der Waals surface area contributed by atoms with Crippen molar-refractivity contribution in [2.75, 3.05) is 24.7 Å². The number of morpholine rings is 1. The Kier molecular flexibility index (Phi) is 2.36. The van der Waals surface area contributed by atoms with Crippen molar-refractivity contribution in [1.29, 1.82) is 0 Å². The lowest BCUT2D eigenvalue weighted by atomic mass is 10.3. The summed E-state index contributed by atoms with van der Waals surface area (Å²) in [5, 5.41) is 1.08. The first-order valence-electron chi connectivity index (χ1n) is 5.52. The summed E-state index contributed by atoms with van der Waals surface area (Å²) >= 11 is 1.54. The first-order valence-corrected chi connectivity index (χ1v) is 6.30. The van der Waals surface area contributed by atoms with Crippen LogP contribution in [-0.2, 0) is 4.74 Å². The third-order valence-corrected chi connectivity index (χ3v) is 3.75. The molecule has 0 aromatic carbocycles. The maximum Gasteiger partial charge on any atom is 0.205 e. The van der Waals surface area contributed by atoms with Gasteiger partial charge in [0.25, 0.3) is 0 Å². The van der Waals surface area contributed by atoms with Gasteiger partial charge in [0.05, 0.1) is 19.3 Å². The minimum atomic E-state index is 0.429. The first kappa shape index (κ1) is 9.54. The summed E-state index contributed by atoms with van der Waals surface area (Å²) in [5.41, 5.74) is 0. The molecule has 0 bridgehead atoms. The van der Waals surface area contributed by atoms with Crippen molar-refractivity contribution in [3.63, 3.8) is 0 Å². The van der Waals surface area contributed by atoms with Crippen molar-refractivity contribution in [2.24, 2.45) is 0 Å². The normalized spacial score (nSPS) is 27.0. The maximum atomic E-state index is 5.41. The highest BCUT2D eigenvalue weighted by Crippen LogP contribution is 2.39. The Morgan fingerprint density at radius 2 is 2.33 bits per heavy atom.